The van der Waals surface area contributed by atoms with Crippen LogP contribution in [0.2, 0.25) is 0 Å². The fourth-order valence-electron chi connectivity index (χ4n) is 3.19. The lowest BCUT2D eigenvalue weighted by molar-refractivity contribution is -0.356. The van der Waals surface area contributed by atoms with Gasteiger partial charge in [-0.1, -0.05) is 15.9 Å². The van der Waals surface area contributed by atoms with Crippen molar-refractivity contribution in [3.63, 3.8) is 0 Å². The average Bonchev–Trinajstić information content (AvgIpc) is 3.18. The van der Waals surface area contributed by atoms with Gasteiger partial charge in [0.05, 0.1) is 11.1 Å². The maximum atomic E-state index is 14.7. The predicted octanol–water partition coefficient (Wildman–Crippen LogP) is 4.92. The van der Waals surface area contributed by atoms with Gasteiger partial charge in [0.2, 0.25) is 0 Å². The van der Waals surface area contributed by atoms with Crippen molar-refractivity contribution in [3.8, 4) is 0 Å². The Morgan fingerprint density at radius 3 is 2.60 bits per heavy atom. The van der Waals surface area contributed by atoms with Gasteiger partial charge in [-0.2, -0.15) is 13.2 Å². The van der Waals surface area contributed by atoms with Crippen LogP contribution in [0.3, 0.4) is 0 Å². The van der Waals surface area contributed by atoms with Crippen molar-refractivity contribution in [2.24, 2.45) is 0 Å². The number of rotatable bonds is 1. The van der Waals surface area contributed by atoms with Gasteiger partial charge >= 0.3 is 13.1 Å². The molecule has 0 radical (unpaired) electrons. The number of alkyl halides is 3. The molecule has 3 heterocycles. The van der Waals surface area contributed by atoms with Gasteiger partial charge in [0, 0.05) is 27.9 Å². The molecule has 0 fully saturated rings. The molecule has 2 aliphatic rings. The van der Waals surface area contributed by atoms with Crippen LogP contribution < -0.4 is 0 Å². The van der Waals surface area contributed by atoms with Crippen molar-refractivity contribution in [2.75, 3.05) is 0 Å². The maximum Gasteiger partial charge on any atom is 0.737 e. The Morgan fingerprint density at radius 2 is 1.88 bits per heavy atom. The summed E-state index contributed by atoms with van der Waals surface area (Å²) < 4.78 is 70.8. The van der Waals surface area contributed by atoms with Crippen LogP contribution >= 0.6 is 15.9 Å². The van der Waals surface area contributed by atoms with E-state index in [1.165, 1.54) is 42.8 Å². The first-order valence-electron chi connectivity index (χ1n) is 7.32. The molecule has 0 unspecified atom stereocenters. The van der Waals surface area contributed by atoms with Gasteiger partial charge < -0.3 is 17.6 Å². The van der Waals surface area contributed by atoms with Crippen molar-refractivity contribution < 1.29 is 26.3 Å². The summed E-state index contributed by atoms with van der Waals surface area (Å²) in [6.45, 7) is -4.08. The van der Waals surface area contributed by atoms with Crippen molar-refractivity contribution in [2.45, 2.75) is 6.18 Å². The summed E-state index contributed by atoms with van der Waals surface area (Å²) in [5, 5.41) is 0. The number of nitrogens with zero attached hydrogens (tertiary/aromatic N) is 2. The molecule has 2 aromatic rings. The highest BCUT2D eigenvalue weighted by Gasteiger charge is 2.51. The lowest BCUT2D eigenvalue weighted by Crippen LogP contribution is -2.49. The predicted molar refractivity (Wildman–Crippen MR) is 88.4 cm³/mol. The summed E-state index contributed by atoms with van der Waals surface area (Å²) in [7, 11) is 0. The highest BCUT2D eigenvalue weighted by molar-refractivity contribution is 9.10. The first-order chi connectivity index (χ1) is 11.7. The van der Waals surface area contributed by atoms with Gasteiger partial charge in [0.25, 0.3) is 0 Å². The molecule has 0 N–H and O–H groups in total. The van der Waals surface area contributed by atoms with Crippen LogP contribution in [0.1, 0.15) is 16.8 Å². The Kier molecular flexibility index (Phi) is 3.38. The van der Waals surface area contributed by atoms with E-state index in [9.17, 15) is 21.8 Å². The van der Waals surface area contributed by atoms with Gasteiger partial charge in [0.1, 0.15) is 6.21 Å². The van der Waals surface area contributed by atoms with Crippen molar-refractivity contribution >= 4 is 34.7 Å². The van der Waals surface area contributed by atoms with Crippen molar-refractivity contribution in [3.05, 3.63) is 75.7 Å². The molecule has 1 aromatic carbocycles. The molecule has 0 bridgehead atoms. The fourth-order valence-corrected chi connectivity index (χ4v) is 3.63. The van der Waals surface area contributed by atoms with E-state index in [1.807, 2.05) is 0 Å². The molecule has 2 aliphatic heterocycles. The Morgan fingerprint density at radius 1 is 1.12 bits per heavy atom. The van der Waals surface area contributed by atoms with E-state index in [0.717, 1.165) is 21.1 Å². The van der Waals surface area contributed by atoms with Gasteiger partial charge in [-0.25, -0.2) is 0 Å². The van der Waals surface area contributed by atoms with E-state index < -0.39 is 18.7 Å². The third kappa shape index (κ3) is 2.32. The molecule has 9 heteroatoms. The summed E-state index contributed by atoms with van der Waals surface area (Å²) in [5.41, 5.74) is 0.0477. The molecule has 0 saturated carbocycles. The summed E-state index contributed by atoms with van der Waals surface area (Å²) in [5.74, 6) is 0. The van der Waals surface area contributed by atoms with E-state index in [4.69, 9.17) is 0 Å². The average molecular weight is 415 g/mol. The number of hydrogen-bond donors (Lipinski definition) is 0. The number of allylic oxidation sites excluding steroid dienone is 2. The van der Waals surface area contributed by atoms with Gasteiger partial charge in [-0.3, -0.25) is 0 Å². The number of fused-ring (bicyclic) bond motifs is 2. The smallest absolute Gasteiger partial charge is 0.396 e. The minimum atomic E-state index is -4.53. The summed E-state index contributed by atoms with van der Waals surface area (Å²) >= 11 is 3.25. The standard InChI is InChI=1S/C16H9BBrF5N2/c18-12-6-5-10(16(19,20)21)9-11(12)15-13-3-1-7-24(13)17(22,23)25-8-2-4-14(15)25/h1-9H. The fraction of sp³-hybridized carbons (Fsp3) is 0.0625. The number of halogens is 6. The lowest BCUT2D eigenvalue weighted by Gasteiger charge is -2.31. The molecule has 0 saturated heterocycles. The second-order valence-electron chi connectivity index (χ2n) is 5.76. The molecule has 0 amide bonds. The third-order valence-electron chi connectivity index (χ3n) is 4.30. The molecule has 0 aliphatic carbocycles. The summed E-state index contributed by atoms with van der Waals surface area (Å²) in [4.78, 5) is 0. The first-order valence-corrected chi connectivity index (χ1v) is 8.11. The number of hydrogen-bond acceptors (Lipinski definition) is 0. The highest BCUT2D eigenvalue weighted by atomic mass is 79.9. The molecule has 2 nitrogen and oxygen atoms in total. The monoisotopic (exact) mass is 414 g/mol. The zero-order valence-corrected chi connectivity index (χ0v) is 14.0. The first kappa shape index (κ1) is 16.3. The van der Waals surface area contributed by atoms with E-state index in [0.29, 0.717) is 10.0 Å². The second kappa shape index (κ2) is 5.17. The zero-order valence-electron chi connectivity index (χ0n) is 12.4. The Labute approximate surface area is 147 Å². The summed E-state index contributed by atoms with van der Waals surface area (Å²) in [6.07, 6.45) is 0.884. The van der Waals surface area contributed by atoms with Gasteiger partial charge in [-0.15, -0.1) is 0 Å². The van der Waals surface area contributed by atoms with Crippen LogP contribution in [0.15, 0.2) is 58.9 Å². The largest absolute Gasteiger partial charge is 0.737 e. The maximum absolute atomic E-state index is 14.7. The number of benzene rings is 1. The van der Waals surface area contributed by atoms with Gasteiger partial charge in [-0.05, 0) is 36.5 Å². The van der Waals surface area contributed by atoms with Crippen LogP contribution in [-0.2, 0) is 6.18 Å². The highest BCUT2D eigenvalue weighted by Crippen LogP contribution is 2.42. The molecule has 4 rings (SSSR count). The Bertz CT molecular complexity index is 985. The van der Waals surface area contributed by atoms with Crippen LogP contribution in [0.4, 0.5) is 21.8 Å². The zero-order chi connectivity index (χ0) is 18.0. The Balaban J connectivity index is 2.04. The molecule has 0 spiro atoms. The minimum Gasteiger partial charge on any atom is -0.396 e. The molecule has 1 aromatic heterocycles. The third-order valence-corrected chi connectivity index (χ3v) is 4.99. The minimum absolute atomic E-state index is 0.177. The van der Waals surface area contributed by atoms with Gasteiger partial charge in [0.15, 0.2) is 5.70 Å². The molecule has 0 atom stereocenters. The van der Waals surface area contributed by atoms with Crippen LogP contribution in [0.5, 0.6) is 0 Å². The number of aromatic nitrogens is 1. The lowest BCUT2D eigenvalue weighted by atomic mass is 9.86. The van der Waals surface area contributed by atoms with E-state index in [-0.39, 0.29) is 17.0 Å². The van der Waals surface area contributed by atoms with E-state index in [1.54, 1.807) is 0 Å². The normalized spacial score (nSPS) is 18.2. The van der Waals surface area contributed by atoms with Crippen LogP contribution in [0, 0.1) is 0 Å². The molecule has 25 heavy (non-hydrogen) atoms. The quantitative estimate of drug-likeness (QED) is 0.462. The molecular formula is C16H9BBrF5N2. The molecule has 128 valence electrons. The topological polar surface area (TPSA) is 7.94 Å². The van der Waals surface area contributed by atoms with Crippen molar-refractivity contribution in [1.29, 1.82) is 0 Å². The SMILES string of the molecule is F[B-]1(F)n2cccc2C(c2cc(C(F)(F)F)ccc2Br)=C2C=CC=[N+]21. The second-order valence-corrected chi connectivity index (χ2v) is 6.61. The van der Waals surface area contributed by atoms with E-state index >= 15 is 0 Å². The Hall–Kier alpha value is -2.16. The van der Waals surface area contributed by atoms with E-state index in [2.05, 4.69) is 15.9 Å². The van der Waals surface area contributed by atoms with Crippen LogP contribution in [-0.4, -0.2) is 22.1 Å². The summed E-state index contributed by atoms with van der Waals surface area (Å²) in [6, 6.07) is 6.15. The molecular weight excluding hydrogens is 406 g/mol. The van der Waals surface area contributed by atoms with Crippen LogP contribution in [0.25, 0.3) is 5.57 Å². The van der Waals surface area contributed by atoms with Crippen molar-refractivity contribution in [1.82, 2.24) is 4.48 Å².